The van der Waals surface area contributed by atoms with Gasteiger partial charge in [0, 0.05) is 31.9 Å². The van der Waals surface area contributed by atoms with Gasteiger partial charge in [0.05, 0.1) is 5.69 Å². The highest BCUT2D eigenvalue weighted by Gasteiger charge is 2.28. The van der Waals surface area contributed by atoms with E-state index in [1.807, 2.05) is 24.3 Å². The molecule has 26 heavy (non-hydrogen) atoms. The lowest BCUT2D eigenvalue weighted by Gasteiger charge is -2.32. The Morgan fingerprint density at radius 3 is 2.77 bits per heavy atom. The van der Waals surface area contributed by atoms with E-state index in [2.05, 4.69) is 33.0 Å². The molecule has 4 nitrogen and oxygen atoms in total. The van der Waals surface area contributed by atoms with Crippen molar-refractivity contribution in [1.82, 2.24) is 14.8 Å². The fourth-order valence-electron chi connectivity index (χ4n) is 4.17. The summed E-state index contributed by atoms with van der Waals surface area (Å²) >= 11 is 0. The van der Waals surface area contributed by atoms with E-state index in [9.17, 15) is 0 Å². The van der Waals surface area contributed by atoms with Crippen LogP contribution in [0.3, 0.4) is 0 Å². The third-order valence-corrected chi connectivity index (χ3v) is 5.57. The number of hydrogen-bond donors (Lipinski definition) is 0. The van der Waals surface area contributed by atoms with E-state index in [1.165, 1.54) is 57.4 Å². The number of nitrogens with zero attached hydrogens (tertiary/aromatic N) is 3. The van der Waals surface area contributed by atoms with Gasteiger partial charge in [-0.05, 0) is 62.2 Å². The smallest absolute Gasteiger partial charge is 0.130 e. The molecule has 2 saturated heterocycles. The fraction of sp³-hybridized carbons (Fsp3) is 0.500. The highest BCUT2D eigenvalue weighted by Crippen LogP contribution is 2.23. The minimum atomic E-state index is 0.519. The van der Waals surface area contributed by atoms with Crippen LogP contribution in [0.5, 0.6) is 5.75 Å². The summed E-state index contributed by atoms with van der Waals surface area (Å²) < 4.78 is 5.92. The summed E-state index contributed by atoms with van der Waals surface area (Å²) in [5.41, 5.74) is 2.30. The van der Waals surface area contributed by atoms with Crippen LogP contribution in [0.25, 0.3) is 0 Å². The molecule has 2 aliphatic rings. The molecule has 0 spiro atoms. The molecule has 0 unspecified atom stereocenters. The molecule has 0 saturated carbocycles. The van der Waals surface area contributed by atoms with E-state index in [0.717, 1.165) is 24.0 Å². The molecule has 0 bridgehead atoms. The number of benzene rings is 1. The van der Waals surface area contributed by atoms with Crippen molar-refractivity contribution in [2.75, 3.05) is 26.2 Å². The van der Waals surface area contributed by atoms with E-state index >= 15 is 0 Å². The molecule has 2 aliphatic heterocycles. The van der Waals surface area contributed by atoms with Gasteiger partial charge in [0.1, 0.15) is 12.4 Å². The van der Waals surface area contributed by atoms with Crippen molar-refractivity contribution < 1.29 is 4.74 Å². The summed E-state index contributed by atoms with van der Waals surface area (Å²) in [6, 6.07) is 15.2. The largest absolute Gasteiger partial charge is 0.487 e. The minimum Gasteiger partial charge on any atom is -0.487 e. The van der Waals surface area contributed by atoms with Crippen LogP contribution in [0.1, 0.15) is 36.9 Å². The van der Waals surface area contributed by atoms with Crippen LogP contribution in [-0.2, 0) is 13.2 Å². The predicted octanol–water partition coefficient (Wildman–Crippen LogP) is 3.72. The molecule has 3 heterocycles. The summed E-state index contributed by atoms with van der Waals surface area (Å²) in [5.74, 6) is 0.930. The zero-order chi connectivity index (χ0) is 17.6. The van der Waals surface area contributed by atoms with Crippen LogP contribution >= 0.6 is 0 Å². The molecule has 1 aromatic heterocycles. The maximum Gasteiger partial charge on any atom is 0.130 e. The Morgan fingerprint density at radius 1 is 1.00 bits per heavy atom. The fourth-order valence-corrected chi connectivity index (χ4v) is 4.17. The standard InChI is InChI=1S/C22H29N3O/c1-4-12-25(13-5-1)21-10-14-24(17-21)16-19-7-6-9-22(15-19)26-18-20-8-2-3-11-23-20/h2-3,6-9,11,15,21H,1,4-5,10,12-14,16-18H2/t21-/m1/s1. The molecule has 0 radical (unpaired) electrons. The van der Waals surface area contributed by atoms with Crippen molar-refractivity contribution in [3.8, 4) is 5.75 Å². The Morgan fingerprint density at radius 2 is 1.92 bits per heavy atom. The molecule has 1 atom stereocenters. The first-order valence-electron chi connectivity index (χ1n) is 9.95. The quantitative estimate of drug-likeness (QED) is 0.793. The molecule has 0 N–H and O–H groups in total. The molecule has 2 fully saturated rings. The average Bonchev–Trinajstić information content (AvgIpc) is 3.17. The lowest BCUT2D eigenvalue weighted by atomic mass is 10.1. The summed E-state index contributed by atoms with van der Waals surface area (Å²) in [6.07, 6.45) is 7.30. The Bertz CT molecular complexity index is 685. The van der Waals surface area contributed by atoms with Crippen molar-refractivity contribution in [3.63, 3.8) is 0 Å². The van der Waals surface area contributed by atoms with Crippen molar-refractivity contribution in [2.45, 2.75) is 44.9 Å². The first-order valence-corrected chi connectivity index (χ1v) is 9.95. The van der Waals surface area contributed by atoms with E-state index in [-0.39, 0.29) is 0 Å². The minimum absolute atomic E-state index is 0.519. The molecule has 138 valence electrons. The van der Waals surface area contributed by atoms with Crippen LogP contribution in [0.4, 0.5) is 0 Å². The monoisotopic (exact) mass is 351 g/mol. The molecule has 2 aromatic rings. The molecular formula is C22H29N3O. The SMILES string of the molecule is c1ccc(COc2cccc(CN3CC[C@@H](N4CCCCC4)C3)c2)nc1. The van der Waals surface area contributed by atoms with Gasteiger partial charge in [-0.15, -0.1) is 0 Å². The second-order valence-electron chi connectivity index (χ2n) is 7.53. The third-order valence-electron chi connectivity index (χ3n) is 5.57. The predicted molar refractivity (Wildman–Crippen MR) is 104 cm³/mol. The van der Waals surface area contributed by atoms with Gasteiger partial charge in [-0.1, -0.05) is 24.6 Å². The topological polar surface area (TPSA) is 28.6 Å². The second-order valence-corrected chi connectivity index (χ2v) is 7.53. The van der Waals surface area contributed by atoms with Crippen molar-refractivity contribution in [1.29, 1.82) is 0 Å². The van der Waals surface area contributed by atoms with Crippen molar-refractivity contribution >= 4 is 0 Å². The van der Waals surface area contributed by atoms with Crippen LogP contribution < -0.4 is 4.74 Å². The third kappa shape index (κ3) is 4.63. The maximum atomic E-state index is 5.92. The van der Waals surface area contributed by atoms with E-state index in [4.69, 9.17) is 4.74 Å². The normalized spacial score (nSPS) is 21.8. The number of piperidine rings is 1. The summed E-state index contributed by atoms with van der Waals surface area (Å²) in [4.78, 5) is 9.63. The first-order chi connectivity index (χ1) is 12.9. The molecule has 1 aromatic carbocycles. The first kappa shape index (κ1) is 17.5. The van der Waals surface area contributed by atoms with Crippen LogP contribution in [0, 0.1) is 0 Å². The van der Waals surface area contributed by atoms with Gasteiger partial charge in [0.2, 0.25) is 0 Å². The summed E-state index contributed by atoms with van der Waals surface area (Å²) in [5, 5.41) is 0. The Labute approximate surface area is 156 Å². The summed E-state index contributed by atoms with van der Waals surface area (Å²) in [6.45, 7) is 6.56. The Hall–Kier alpha value is -1.91. The molecule has 4 rings (SSSR count). The van der Waals surface area contributed by atoms with Gasteiger partial charge in [-0.2, -0.15) is 0 Å². The Kier molecular flexibility index (Phi) is 5.82. The van der Waals surface area contributed by atoms with Crippen LogP contribution in [0.15, 0.2) is 48.7 Å². The second kappa shape index (κ2) is 8.65. The number of ether oxygens (including phenoxy) is 1. The zero-order valence-corrected chi connectivity index (χ0v) is 15.5. The van der Waals surface area contributed by atoms with Gasteiger partial charge in [0.15, 0.2) is 0 Å². The number of rotatable bonds is 6. The number of likely N-dealkylation sites (tertiary alicyclic amines) is 2. The van der Waals surface area contributed by atoms with E-state index < -0.39 is 0 Å². The number of aromatic nitrogens is 1. The van der Waals surface area contributed by atoms with E-state index in [0.29, 0.717) is 6.61 Å². The molecular weight excluding hydrogens is 322 g/mol. The van der Waals surface area contributed by atoms with Gasteiger partial charge in [0.25, 0.3) is 0 Å². The van der Waals surface area contributed by atoms with Crippen LogP contribution in [-0.4, -0.2) is 47.0 Å². The number of hydrogen-bond acceptors (Lipinski definition) is 4. The molecule has 4 heteroatoms. The lowest BCUT2D eigenvalue weighted by Crippen LogP contribution is -2.40. The maximum absolute atomic E-state index is 5.92. The highest BCUT2D eigenvalue weighted by molar-refractivity contribution is 5.28. The number of pyridine rings is 1. The van der Waals surface area contributed by atoms with Gasteiger partial charge in [-0.25, -0.2) is 0 Å². The molecule has 0 aliphatic carbocycles. The van der Waals surface area contributed by atoms with Gasteiger partial charge in [-0.3, -0.25) is 14.8 Å². The average molecular weight is 351 g/mol. The lowest BCUT2D eigenvalue weighted by molar-refractivity contribution is 0.161. The van der Waals surface area contributed by atoms with Crippen molar-refractivity contribution in [2.24, 2.45) is 0 Å². The Balaban J connectivity index is 1.29. The zero-order valence-electron chi connectivity index (χ0n) is 15.5. The van der Waals surface area contributed by atoms with Crippen molar-refractivity contribution in [3.05, 3.63) is 59.9 Å². The highest BCUT2D eigenvalue weighted by atomic mass is 16.5. The van der Waals surface area contributed by atoms with Gasteiger partial charge >= 0.3 is 0 Å². The van der Waals surface area contributed by atoms with Gasteiger partial charge < -0.3 is 4.74 Å². The summed E-state index contributed by atoms with van der Waals surface area (Å²) in [7, 11) is 0. The van der Waals surface area contributed by atoms with Crippen LogP contribution in [0.2, 0.25) is 0 Å². The van der Waals surface area contributed by atoms with E-state index in [1.54, 1.807) is 6.20 Å². The molecule has 0 amide bonds.